The van der Waals surface area contributed by atoms with Crippen LogP contribution in [-0.4, -0.2) is 0 Å². The summed E-state index contributed by atoms with van der Waals surface area (Å²) >= 11 is 0. The van der Waals surface area contributed by atoms with Crippen molar-refractivity contribution in [1.82, 2.24) is 0 Å². The van der Waals surface area contributed by atoms with Gasteiger partial charge in [-0.2, -0.15) is 11.4 Å². The third-order valence-corrected chi connectivity index (χ3v) is 1.99. The first-order valence-corrected chi connectivity index (χ1v) is 3.85. The van der Waals surface area contributed by atoms with Crippen LogP contribution in [0, 0.1) is 26.0 Å². The summed E-state index contributed by atoms with van der Waals surface area (Å²) < 4.78 is 0. The van der Waals surface area contributed by atoms with Crippen molar-refractivity contribution in [2.45, 2.75) is 13.8 Å². The SMILES string of the molecule is C=C1Nc2[c-]c(C)c(C)[c-]c2N1.[Rb+].[Rb+]. The molecule has 0 aliphatic carbocycles. The fourth-order valence-corrected chi connectivity index (χ4v) is 1.21. The zero-order chi connectivity index (χ0) is 8.72. The van der Waals surface area contributed by atoms with Crippen molar-refractivity contribution < 1.29 is 116 Å². The van der Waals surface area contributed by atoms with E-state index in [-0.39, 0.29) is 116 Å². The summed E-state index contributed by atoms with van der Waals surface area (Å²) in [5.41, 5.74) is 4.14. The number of hydrogen-bond donors (Lipinski definition) is 2. The van der Waals surface area contributed by atoms with E-state index in [2.05, 4.69) is 29.3 Å². The van der Waals surface area contributed by atoms with Crippen LogP contribution >= 0.6 is 0 Å². The predicted molar refractivity (Wildman–Crippen MR) is 50.0 cm³/mol. The minimum Gasteiger partial charge on any atom is -0.418 e. The number of nitrogens with one attached hydrogen (secondary N) is 2. The molecule has 0 saturated heterocycles. The molecule has 62 valence electrons. The van der Waals surface area contributed by atoms with Crippen molar-refractivity contribution in [2.75, 3.05) is 10.6 Å². The van der Waals surface area contributed by atoms with E-state index in [0.29, 0.717) is 0 Å². The Morgan fingerprint density at radius 3 is 1.64 bits per heavy atom. The van der Waals surface area contributed by atoms with Crippen LogP contribution in [0.5, 0.6) is 0 Å². The zero-order valence-corrected chi connectivity index (χ0v) is 19.0. The first kappa shape index (κ1) is 16.2. The minimum atomic E-state index is 0. The second-order valence-electron chi connectivity index (χ2n) is 2.98. The summed E-state index contributed by atoms with van der Waals surface area (Å²) in [6, 6.07) is 6.44. The Hall–Kier alpha value is 2.17. The number of aryl methyl sites for hydroxylation is 2. The molecular formula is C10H10N2Rb2. The van der Waals surface area contributed by atoms with E-state index in [0.717, 1.165) is 28.3 Å². The Morgan fingerprint density at radius 1 is 0.929 bits per heavy atom. The number of fused-ring (bicyclic) bond motifs is 1. The van der Waals surface area contributed by atoms with Crippen LogP contribution in [0.3, 0.4) is 0 Å². The van der Waals surface area contributed by atoms with E-state index in [1.54, 1.807) is 0 Å². The molecule has 0 saturated carbocycles. The van der Waals surface area contributed by atoms with E-state index in [1.165, 1.54) is 0 Å². The van der Waals surface area contributed by atoms with Crippen LogP contribution in [-0.2, 0) is 0 Å². The zero-order valence-electron chi connectivity index (χ0n) is 9.21. The van der Waals surface area contributed by atoms with Gasteiger partial charge in [-0.3, -0.25) is 23.3 Å². The van der Waals surface area contributed by atoms with Gasteiger partial charge in [-0.05, 0) is 0 Å². The van der Waals surface area contributed by atoms with Gasteiger partial charge in [0.05, 0.1) is 5.82 Å². The summed E-state index contributed by atoms with van der Waals surface area (Å²) in [7, 11) is 0. The van der Waals surface area contributed by atoms with Crippen LogP contribution < -0.4 is 127 Å². The maximum absolute atomic E-state index is 3.77. The van der Waals surface area contributed by atoms with Gasteiger partial charge >= 0.3 is 116 Å². The Kier molecular flexibility index (Phi) is 7.85. The molecule has 2 rings (SSSR count). The molecule has 1 aliphatic heterocycles. The maximum atomic E-state index is 3.77. The Balaban J connectivity index is 0.000000845. The number of benzene rings is 1. The van der Waals surface area contributed by atoms with Gasteiger partial charge in [0.25, 0.3) is 0 Å². The van der Waals surface area contributed by atoms with Gasteiger partial charge in [-0.25, -0.2) is 0 Å². The van der Waals surface area contributed by atoms with E-state index in [1.807, 2.05) is 13.8 Å². The average Bonchev–Trinajstić information content (AvgIpc) is 2.30. The normalized spacial score (nSPS) is 11.7. The van der Waals surface area contributed by atoms with Crippen LogP contribution in [0.2, 0.25) is 0 Å². The first-order chi connectivity index (χ1) is 5.66. The molecule has 2 nitrogen and oxygen atoms in total. The summed E-state index contributed by atoms with van der Waals surface area (Å²) in [5, 5.41) is 6.15. The quantitative estimate of drug-likeness (QED) is 0.478. The van der Waals surface area contributed by atoms with Gasteiger partial charge in [0.15, 0.2) is 0 Å². The van der Waals surface area contributed by atoms with Crippen molar-refractivity contribution in [3.63, 3.8) is 0 Å². The third kappa shape index (κ3) is 3.59. The summed E-state index contributed by atoms with van der Waals surface area (Å²) in [6.07, 6.45) is 0. The van der Waals surface area contributed by atoms with Gasteiger partial charge in [-0.15, -0.1) is 13.8 Å². The largest absolute Gasteiger partial charge is 1.00 e. The van der Waals surface area contributed by atoms with Crippen LogP contribution in [0.4, 0.5) is 11.4 Å². The van der Waals surface area contributed by atoms with E-state index in [9.17, 15) is 0 Å². The fraction of sp³-hybridized carbons (Fsp3) is 0.200. The number of hydrogen-bond acceptors (Lipinski definition) is 2. The number of anilines is 2. The molecule has 4 heteroatoms. The fourth-order valence-electron chi connectivity index (χ4n) is 1.21. The molecular weight excluding hydrogens is 319 g/mol. The second kappa shape index (κ2) is 6.80. The first-order valence-electron chi connectivity index (χ1n) is 3.85. The van der Waals surface area contributed by atoms with Gasteiger partial charge in [0, 0.05) is 0 Å². The Labute approximate surface area is 183 Å². The van der Waals surface area contributed by atoms with Gasteiger partial charge < -0.3 is 10.6 Å². The van der Waals surface area contributed by atoms with E-state index >= 15 is 0 Å². The third-order valence-electron chi connectivity index (χ3n) is 1.99. The molecule has 0 atom stereocenters. The predicted octanol–water partition coefficient (Wildman–Crippen LogP) is -3.78. The van der Waals surface area contributed by atoms with Crippen LogP contribution in [0.25, 0.3) is 0 Å². The van der Waals surface area contributed by atoms with Crippen molar-refractivity contribution in [3.8, 4) is 0 Å². The molecule has 1 heterocycles. The average molecular weight is 329 g/mol. The summed E-state index contributed by atoms with van der Waals surface area (Å²) in [4.78, 5) is 0. The summed E-state index contributed by atoms with van der Waals surface area (Å²) in [6.45, 7) is 7.81. The van der Waals surface area contributed by atoms with Crippen molar-refractivity contribution in [3.05, 3.63) is 35.7 Å². The van der Waals surface area contributed by atoms with Crippen LogP contribution in [0.1, 0.15) is 11.1 Å². The second-order valence-corrected chi connectivity index (χ2v) is 2.98. The van der Waals surface area contributed by atoms with Crippen LogP contribution in [0.15, 0.2) is 12.4 Å². The molecule has 0 amide bonds. The van der Waals surface area contributed by atoms with Crippen molar-refractivity contribution in [1.29, 1.82) is 0 Å². The molecule has 0 bridgehead atoms. The van der Waals surface area contributed by atoms with E-state index < -0.39 is 0 Å². The van der Waals surface area contributed by atoms with Crippen molar-refractivity contribution >= 4 is 11.4 Å². The molecule has 2 N–H and O–H groups in total. The molecule has 0 unspecified atom stereocenters. The Bertz CT molecular complexity index is 328. The molecule has 0 spiro atoms. The van der Waals surface area contributed by atoms with Gasteiger partial charge in [-0.1, -0.05) is 6.58 Å². The van der Waals surface area contributed by atoms with Crippen molar-refractivity contribution in [2.24, 2.45) is 0 Å². The molecule has 14 heavy (non-hydrogen) atoms. The molecule has 1 aliphatic rings. The molecule has 1 aromatic rings. The smallest absolute Gasteiger partial charge is 0.418 e. The summed E-state index contributed by atoms with van der Waals surface area (Å²) in [5.74, 6) is 0.794. The van der Waals surface area contributed by atoms with Gasteiger partial charge in [0.1, 0.15) is 0 Å². The minimum absolute atomic E-state index is 0. The molecule has 0 radical (unpaired) electrons. The topological polar surface area (TPSA) is 24.1 Å². The standard InChI is InChI=1S/C10H10N2.2Rb/c1-6-4-9-10(5-7(6)2)12-8(3)11-9;;/h11-12H,3H2,1-2H3;;/q-2;2*+1. The number of rotatable bonds is 0. The Morgan fingerprint density at radius 2 is 1.29 bits per heavy atom. The molecule has 1 aromatic carbocycles. The maximum Gasteiger partial charge on any atom is 1.00 e. The molecule has 0 aromatic heterocycles. The molecule has 0 fully saturated rings. The van der Waals surface area contributed by atoms with Gasteiger partial charge in [0.2, 0.25) is 0 Å². The van der Waals surface area contributed by atoms with E-state index in [4.69, 9.17) is 0 Å². The monoisotopic (exact) mass is 328 g/mol.